The normalized spacial score (nSPS) is 15.9. The maximum Gasteiger partial charge on any atom is 0.254 e. The predicted molar refractivity (Wildman–Crippen MR) is 107 cm³/mol. The first-order valence-corrected chi connectivity index (χ1v) is 9.74. The molecule has 0 spiro atoms. The molecular formula is C22H21NO3S. The number of carbonyl (C=O) groups excluding carboxylic acids is 1. The van der Waals surface area contributed by atoms with Crippen LogP contribution >= 0.6 is 11.3 Å². The second-order valence-electron chi connectivity index (χ2n) is 6.45. The van der Waals surface area contributed by atoms with Crippen LogP contribution in [0.15, 0.2) is 60.0 Å². The maximum atomic E-state index is 13.3. The minimum atomic E-state index is -0.0829. The molecule has 0 saturated heterocycles. The van der Waals surface area contributed by atoms with Gasteiger partial charge in [0.15, 0.2) is 0 Å². The van der Waals surface area contributed by atoms with E-state index < -0.39 is 0 Å². The van der Waals surface area contributed by atoms with Gasteiger partial charge in [-0.25, -0.2) is 0 Å². The van der Waals surface area contributed by atoms with E-state index in [0.717, 1.165) is 23.5 Å². The molecule has 2 aromatic carbocycles. The molecule has 0 unspecified atom stereocenters. The Morgan fingerprint density at radius 3 is 2.22 bits per heavy atom. The van der Waals surface area contributed by atoms with E-state index in [1.54, 1.807) is 25.6 Å². The van der Waals surface area contributed by atoms with Crippen molar-refractivity contribution in [3.63, 3.8) is 0 Å². The summed E-state index contributed by atoms with van der Waals surface area (Å²) in [5.41, 5.74) is 2.99. The van der Waals surface area contributed by atoms with E-state index in [-0.39, 0.29) is 11.9 Å². The topological polar surface area (TPSA) is 38.8 Å². The fourth-order valence-electron chi connectivity index (χ4n) is 3.58. The van der Waals surface area contributed by atoms with Gasteiger partial charge in [0.25, 0.3) is 5.91 Å². The number of hydrogen-bond acceptors (Lipinski definition) is 4. The van der Waals surface area contributed by atoms with E-state index >= 15 is 0 Å². The minimum Gasteiger partial charge on any atom is -0.497 e. The molecule has 27 heavy (non-hydrogen) atoms. The molecule has 0 aliphatic carbocycles. The van der Waals surface area contributed by atoms with Gasteiger partial charge in [0, 0.05) is 17.0 Å². The van der Waals surface area contributed by atoms with E-state index in [1.165, 1.54) is 10.4 Å². The molecular weight excluding hydrogens is 358 g/mol. The van der Waals surface area contributed by atoms with Crippen molar-refractivity contribution in [3.8, 4) is 11.5 Å². The number of fused-ring (bicyclic) bond motifs is 1. The quantitative estimate of drug-likeness (QED) is 0.667. The van der Waals surface area contributed by atoms with E-state index in [4.69, 9.17) is 9.47 Å². The highest BCUT2D eigenvalue weighted by Crippen LogP contribution is 2.39. The third kappa shape index (κ3) is 3.30. The zero-order valence-corrected chi connectivity index (χ0v) is 16.2. The van der Waals surface area contributed by atoms with Crippen LogP contribution in [0.4, 0.5) is 0 Å². The number of amides is 1. The highest BCUT2D eigenvalue weighted by atomic mass is 32.1. The number of carbonyl (C=O) groups is 1. The predicted octanol–water partition coefficient (Wildman–Crippen LogP) is 4.55. The maximum absolute atomic E-state index is 13.3. The van der Waals surface area contributed by atoms with E-state index in [1.807, 2.05) is 53.4 Å². The van der Waals surface area contributed by atoms with Gasteiger partial charge in [0.1, 0.15) is 11.5 Å². The van der Waals surface area contributed by atoms with Crippen LogP contribution in [0.5, 0.6) is 11.5 Å². The summed E-state index contributed by atoms with van der Waals surface area (Å²) in [6.45, 7) is 0.703. The molecule has 1 amide bonds. The summed E-state index contributed by atoms with van der Waals surface area (Å²) in [5.74, 6) is 1.60. The van der Waals surface area contributed by atoms with Gasteiger partial charge in [-0.3, -0.25) is 4.79 Å². The molecule has 0 N–H and O–H groups in total. The third-order valence-electron chi connectivity index (χ3n) is 5.00. The molecule has 3 aromatic rings. The van der Waals surface area contributed by atoms with Crippen molar-refractivity contribution in [1.82, 2.24) is 4.90 Å². The second kappa shape index (κ2) is 7.45. The monoisotopic (exact) mass is 379 g/mol. The molecule has 0 saturated carbocycles. The van der Waals surface area contributed by atoms with Crippen LogP contribution in [0.25, 0.3) is 0 Å². The standard InChI is InChI=1S/C22H21NO3S/c1-25-17-7-3-15(4-8-17)21-19-12-14-27-20(19)11-13-23(21)22(24)16-5-9-18(26-2)10-6-16/h3-10,12,14,21H,11,13H2,1-2H3/t21-/m0/s1. The van der Waals surface area contributed by atoms with Gasteiger partial charge in [-0.15, -0.1) is 11.3 Å². The van der Waals surface area contributed by atoms with Crippen LogP contribution in [0, 0.1) is 0 Å². The summed E-state index contributed by atoms with van der Waals surface area (Å²) in [7, 11) is 3.28. The van der Waals surface area contributed by atoms with Crippen molar-refractivity contribution >= 4 is 17.2 Å². The molecule has 4 nitrogen and oxygen atoms in total. The SMILES string of the molecule is COc1ccc(C(=O)N2CCc3sccc3[C@@H]2c2ccc(OC)cc2)cc1. The summed E-state index contributed by atoms with van der Waals surface area (Å²) < 4.78 is 10.5. The number of nitrogens with zero attached hydrogens (tertiary/aromatic N) is 1. The van der Waals surface area contributed by atoms with Crippen LogP contribution in [0.2, 0.25) is 0 Å². The van der Waals surface area contributed by atoms with E-state index in [0.29, 0.717) is 12.1 Å². The first kappa shape index (κ1) is 17.6. The Morgan fingerprint density at radius 2 is 1.59 bits per heavy atom. The fraction of sp³-hybridized carbons (Fsp3) is 0.227. The minimum absolute atomic E-state index is 0.0373. The fourth-order valence-corrected chi connectivity index (χ4v) is 4.48. The summed E-state index contributed by atoms with van der Waals surface area (Å²) in [4.78, 5) is 16.6. The number of methoxy groups -OCH3 is 2. The van der Waals surface area contributed by atoms with Crippen LogP contribution in [-0.4, -0.2) is 31.6 Å². The lowest BCUT2D eigenvalue weighted by atomic mass is 9.92. The first-order chi connectivity index (χ1) is 13.2. The van der Waals surface area contributed by atoms with Gasteiger partial charge in [0.2, 0.25) is 0 Å². The molecule has 1 aromatic heterocycles. The molecule has 138 valence electrons. The van der Waals surface area contributed by atoms with Crippen molar-refractivity contribution in [2.45, 2.75) is 12.5 Å². The van der Waals surface area contributed by atoms with Crippen molar-refractivity contribution in [2.75, 3.05) is 20.8 Å². The zero-order valence-electron chi connectivity index (χ0n) is 15.3. The Balaban J connectivity index is 1.72. The molecule has 2 heterocycles. The lowest BCUT2D eigenvalue weighted by Crippen LogP contribution is -2.40. The molecule has 1 atom stereocenters. The molecule has 0 fully saturated rings. The van der Waals surface area contributed by atoms with Crippen molar-refractivity contribution < 1.29 is 14.3 Å². The number of hydrogen-bond donors (Lipinski definition) is 0. The Bertz CT molecular complexity index is 931. The molecule has 0 bridgehead atoms. The Morgan fingerprint density at radius 1 is 0.963 bits per heavy atom. The lowest BCUT2D eigenvalue weighted by molar-refractivity contribution is 0.0696. The second-order valence-corrected chi connectivity index (χ2v) is 7.45. The Kier molecular flexibility index (Phi) is 4.86. The van der Waals surface area contributed by atoms with Crippen LogP contribution in [-0.2, 0) is 6.42 Å². The van der Waals surface area contributed by atoms with Crippen molar-refractivity contribution in [2.24, 2.45) is 0 Å². The number of thiophene rings is 1. The average Bonchev–Trinajstić information content (AvgIpc) is 3.21. The number of benzene rings is 2. The van der Waals surface area contributed by atoms with Crippen molar-refractivity contribution in [1.29, 1.82) is 0 Å². The van der Waals surface area contributed by atoms with E-state index in [2.05, 4.69) is 11.4 Å². The summed E-state index contributed by atoms with van der Waals surface area (Å²) in [5, 5.41) is 2.11. The Labute approximate surface area is 163 Å². The number of ether oxygens (including phenoxy) is 2. The van der Waals surface area contributed by atoms with Crippen molar-refractivity contribution in [3.05, 3.63) is 81.5 Å². The van der Waals surface area contributed by atoms with Crippen LogP contribution in [0.3, 0.4) is 0 Å². The van der Waals surface area contributed by atoms with E-state index in [9.17, 15) is 4.79 Å². The van der Waals surface area contributed by atoms with Gasteiger partial charge in [0.05, 0.1) is 20.3 Å². The number of rotatable bonds is 4. The third-order valence-corrected chi connectivity index (χ3v) is 5.99. The largest absolute Gasteiger partial charge is 0.497 e. The van der Waals surface area contributed by atoms with Gasteiger partial charge >= 0.3 is 0 Å². The molecule has 4 rings (SSSR count). The lowest BCUT2D eigenvalue weighted by Gasteiger charge is -2.36. The summed E-state index contributed by atoms with van der Waals surface area (Å²) >= 11 is 1.77. The van der Waals surface area contributed by atoms with Gasteiger partial charge < -0.3 is 14.4 Å². The summed E-state index contributed by atoms with van der Waals surface area (Å²) in [6, 6.07) is 17.4. The van der Waals surface area contributed by atoms with Crippen LogP contribution < -0.4 is 9.47 Å². The highest BCUT2D eigenvalue weighted by molar-refractivity contribution is 7.10. The molecule has 0 radical (unpaired) electrons. The zero-order chi connectivity index (χ0) is 18.8. The molecule has 5 heteroatoms. The molecule has 1 aliphatic rings. The smallest absolute Gasteiger partial charge is 0.254 e. The van der Waals surface area contributed by atoms with Gasteiger partial charge in [-0.1, -0.05) is 12.1 Å². The summed E-state index contributed by atoms with van der Waals surface area (Å²) in [6.07, 6.45) is 0.890. The first-order valence-electron chi connectivity index (χ1n) is 8.86. The highest BCUT2D eigenvalue weighted by Gasteiger charge is 2.33. The average molecular weight is 379 g/mol. The molecule has 1 aliphatic heterocycles. The van der Waals surface area contributed by atoms with Crippen LogP contribution in [0.1, 0.15) is 32.4 Å². The van der Waals surface area contributed by atoms with Gasteiger partial charge in [-0.05, 0) is 65.4 Å². The van der Waals surface area contributed by atoms with Gasteiger partial charge in [-0.2, -0.15) is 0 Å². The Hall–Kier alpha value is -2.79.